The van der Waals surface area contributed by atoms with Gasteiger partial charge in [0.2, 0.25) is 0 Å². The number of hydrogen-bond acceptors (Lipinski definition) is 4. The Morgan fingerprint density at radius 2 is 1.77 bits per heavy atom. The lowest BCUT2D eigenvalue weighted by atomic mass is 9.99. The number of benzene rings is 2. The summed E-state index contributed by atoms with van der Waals surface area (Å²) >= 11 is 5.34. The summed E-state index contributed by atoms with van der Waals surface area (Å²) < 4.78 is 32.3. The summed E-state index contributed by atoms with van der Waals surface area (Å²) in [5.74, 6) is -0.308. The van der Waals surface area contributed by atoms with E-state index in [2.05, 4.69) is 0 Å². The van der Waals surface area contributed by atoms with Gasteiger partial charge in [0.15, 0.2) is 9.84 Å². The summed E-state index contributed by atoms with van der Waals surface area (Å²) in [5, 5.41) is -0.718. The Labute approximate surface area is 160 Å². The van der Waals surface area contributed by atoms with Gasteiger partial charge in [-0.2, -0.15) is 0 Å². The molecule has 0 radical (unpaired) electrons. The maximum absolute atomic E-state index is 13.4. The van der Waals surface area contributed by atoms with Crippen LogP contribution in [-0.4, -0.2) is 31.9 Å². The number of thiocarbonyl (C=S) groups is 1. The molecule has 0 heterocycles. The van der Waals surface area contributed by atoms with Crippen LogP contribution in [0.15, 0.2) is 59.5 Å². The average molecular weight is 390 g/mol. The second-order valence-electron chi connectivity index (χ2n) is 6.71. The predicted octanol–water partition coefficient (Wildman–Crippen LogP) is 3.24. The number of hydrogen-bond donors (Lipinski definition) is 1. The van der Waals surface area contributed by atoms with Gasteiger partial charge in [-0.1, -0.05) is 60.2 Å². The van der Waals surface area contributed by atoms with E-state index in [0.29, 0.717) is 6.61 Å². The summed E-state index contributed by atoms with van der Waals surface area (Å²) in [4.78, 5) is 0.484. The van der Waals surface area contributed by atoms with E-state index >= 15 is 0 Å². The topological polar surface area (TPSA) is 69.4 Å². The van der Waals surface area contributed by atoms with E-state index in [9.17, 15) is 8.42 Å². The van der Waals surface area contributed by atoms with E-state index in [0.717, 1.165) is 11.1 Å². The summed E-state index contributed by atoms with van der Waals surface area (Å²) in [6, 6.07) is 16.3. The van der Waals surface area contributed by atoms with Crippen molar-refractivity contribution in [3.8, 4) is 0 Å². The zero-order valence-electron chi connectivity index (χ0n) is 14.9. The third kappa shape index (κ3) is 3.06. The molecule has 2 N–H and O–H groups in total. The Morgan fingerprint density at radius 3 is 2.31 bits per heavy atom. The summed E-state index contributed by atoms with van der Waals surface area (Å²) in [5.41, 5.74) is 7.24. The van der Waals surface area contributed by atoms with Crippen molar-refractivity contribution >= 4 is 27.0 Å². The molecule has 6 heteroatoms. The van der Waals surface area contributed by atoms with Gasteiger partial charge in [-0.25, -0.2) is 8.42 Å². The number of rotatable bonds is 7. The molecular weight excluding hydrogens is 366 g/mol. The molecule has 1 saturated carbocycles. The second kappa shape index (κ2) is 7.10. The molecule has 0 unspecified atom stereocenters. The molecule has 0 bridgehead atoms. The molecule has 0 amide bonds. The average Bonchev–Trinajstić information content (AvgIpc) is 3.33. The van der Waals surface area contributed by atoms with Gasteiger partial charge in [0.25, 0.3) is 0 Å². The lowest BCUT2D eigenvalue weighted by Gasteiger charge is -2.17. The molecule has 0 spiro atoms. The van der Waals surface area contributed by atoms with E-state index in [-0.39, 0.29) is 22.4 Å². The van der Waals surface area contributed by atoms with E-state index in [1.807, 2.05) is 38.1 Å². The summed E-state index contributed by atoms with van der Waals surface area (Å²) in [6.07, 6.45) is 0. The Kier molecular flexibility index (Phi) is 5.19. The van der Waals surface area contributed by atoms with Crippen molar-refractivity contribution in [1.82, 2.24) is 0 Å². The first-order valence-corrected chi connectivity index (χ1v) is 10.5. The fraction of sp³-hybridized carbons (Fsp3) is 0.350. The maximum atomic E-state index is 13.4. The van der Waals surface area contributed by atoms with Gasteiger partial charge in [0.1, 0.15) is 0 Å². The minimum atomic E-state index is -3.60. The van der Waals surface area contributed by atoms with Crippen molar-refractivity contribution in [3.05, 3.63) is 65.7 Å². The number of ether oxygens (including phenoxy) is 1. The van der Waals surface area contributed by atoms with Crippen molar-refractivity contribution in [1.29, 1.82) is 0 Å². The first kappa shape index (κ1) is 19.0. The normalized spacial score (nSPS) is 25.0. The maximum Gasteiger partial charge on any atom is 0.182 e. The highest BCUT2D eigenvalue weighted by Gasteiger charge is 2.73. The van der Waals surface area contributed by atoms with Gasteiger partial charge in [0, 0.05) is 12.5 Å². The fourth-order valence-corrected chi connectivity index (χ4v) is 6.46. The van der Waals surface area contributed by atoms with Crippen molar-refractivity contribution in [2.75, 3.05) is 13.2 Å². The molecule has 0 saturated heterocycles. The monoisotopic (exact) mass is 389 g/mol. The minimum absolute atomic E-state index is 0.195. The van der Waals surface area contributed by atoms with E-state index in [1.54, 1.807) is 30.3 Å². The molecule has 26 heavy (non-hydrogen) atoms. The zero-order valence-corrected chi connectivity index (χ0v) is 16.5. The van der Waals surface area contributed by atoms with Crippen LogP contribution in [0.2, 0.25) is 0 Å². The number of sulfone groups is 1. The highest BCUT2D eigenvalue weighted by molar-refractivity contribution is 7.92. The van der Waals surface area contributed by atoms with Crippen LogP contribution in [0, 0.1) is 12.3 Å². The molecule has 1 fully saturated rings. The van der Waals surface area contributed by atoms with Crippen molar-refractivity contribution in [2.45, 2.75) is 29.9 Å². The zero-order chi connectivity index (χ0) is 18.9. The molecule has 3 atom stereocenters. The van der Waals surface area contributed by atoms with Crippen LogP contribution < -0.4 is 5.73 Å². The molecule has 138 valence electrons. The first-order chi connectivity index (χ1) is 12.4. The van der Waals surface area contributed by atoms with Crippen LogP contribution in [-0.2, 0) is 14.6 Å². The van der Waals surface area contributed by atoms with Gasteiger partial charge in [-0.3, -0.25) is 0 Å². The minimum Gasteiger partial charge on any atom is -0.393 e. The Balaban J connectivity index is 2.10. The van der Waals surface area contributed by atoms with E-state index in [4.69, 9.17) is 22.7 Å². The van der Waals surface area contributed by atoms with Gasteiger partial charge >= 0.3 is 0 Å². The molecular formula is C20H23NO3S2. The Hall–Kier alpha value is -1.76. The van der Waals surface area contributed by atoms with Crippen LogP contribution in [0.4, 0.5) is 0 Å². The van der Waals surface area contributed by atoms with E-state index in [1.165, 1.54) is 0 Å². The quantitative estimate of drug-likeness (QED) is 0.736. The van der Waals surface area contributed by atoms with Gasteiger partial charge in [-0.15, -0.1) is 0 Å². The summed E-state index contributed by atoms with van der Waals surface area (Å²) in [7, 11) is -3.60. The standard InChI is InChI=1S/C20H23NO3S2/c1-3-24-13-20(19(21)25)17(15-11-9-14(2)10-12-15)18(20)26(22,23)16-7-5-4-6-8-16/h4-12,17-18H,3,13H2,1-2H3,(H2,21,25)/t17-,18-,20+/m1/s1. The molecule has 2 aromatic carbocycles. The first-order valence-electron chi connectivity index (χ1n) is 8.59. The molecule has 1 aliphatic rings. The lowest BCUT2D eigenvalue weighted by Crippen LogP contribution is -2.33. The largest absolute Gasteiger partial charge is 0.393 e. The van der Waals surface area contributed by atoms with Crippen LogP contribution in [0.3, 0.4) is 0 Å². The third-order valence-corrected chi connectivity index (χ3v) is 7.77. The molecule has 2 aromatic rings. The van der Waals surface area contributed by atoms with Gasteiger partial charge in [-0.05, 0) is 31.5 Å². The van der Waals surface area contributed by atoms with Gasteiger partial charge < -0.3 is 10.5 Å². The van der Waals surface area contributed by atoms with Crippen molar-refractivity contribution in [3.63, 3.8) is 0 Å². The van der Waals surface area contributed by atoms with Crippen molar-refractivity contribution in [2.24, 2.45) is 11.1 Å². The van der Waals surface area contributed by atoms with Crippen LogP contribution in [0.5, 0.6) is 0 Å². The van der Waals surface area contributed by atoms with E-state index < -0.39 is 20.5 Å². The molecule has 1 aliphatic carbocycles. The van der Waals surface area contributed by atoms with Crippen LogP contribution >= 0.6 is 12.2 Å². The lowest BCUT2D eigenvalue weighted by molar-refractivity contribution is 0.121. The molecule has 0 aliphatic heterocycles. The van der Waals surface area contributed by atoms with Crippen molar-refractivity contribution < 1.29 is 13.2 Å². The third-order valence-electron chi connectivity index (χ3n) is 5.10. The predicted molar refractivity (Wildman–Crippen MR) is 107 cm³/mol. The SMILES string of the molecule is CCOC[C@]1(C(N)=S)[C@H](c2ccc(C)cc2)[C@H]1S(=O)(=O)c1ccccc1. The molecule has 3 rings (SSSR count). The highest BCUT2D eigenvalue weighted by atomic mass is 32.2. The highest BCUT2D eigenvalue weighted by Crippen LogP contribution is 2.64. The Bertz CT molecular complexity index is 894. The molecule has 4 nitrogen and oxygen atoms in total. The fourth-order valence-electron chi connectivity index (χ4n) is 3.67. The number of nitrogens with two attached hydrogens (primary N) is 1. The van der Waals surface area contributed by atoms with Gasteiger partial charge in [0.05, 0.1) is 27.2 Å². The summed E-state index contributed by atoms with van der Waals surface area (Å²) in [6.45, 7) is 4.55. The Morgan fingerprint density at radius 1 is 1.15 bits per heavy atom. The number of aryl methyl sites for hydroxylation is 1. The van der Waals surface area contributed by atoms with Crippen LogP contribution in [0.25, 0.3) is 0 Å². The van der Waals surface area contributed by atoms with Crippen LogP contribution in [0.1, 0.15) is 24.0 Å². The molecule has 0 aromatic heterocycles. The smallest absolute Gasteiger partial charge is 0.182 e. The second-order valence-corrected chi connectivity index (χ2v) is 9.22.